The molecular formula is C8H8N2O2. The predicted octanol–water partition coefficient (Wildman–Crippen LogP) is 0.276. The molecule has 1 heterocycles. The maximum absolute atomic E-state index is 10.6. The van der Waals surface area contributed by atoms with E-state index in [-0.39, 0.29) is 5.92 Å². The molecule has 0 atom stereocenters. The molecule has 1 N–H and O–H groups in total. The smallest absolute Gasteiger partial charge is 0.307 e. The molecule has 4 nitrogen and oxygen atoms in total. The van der Waals surface area contributed by atoms with Gasteiger partial charge in [0.1, 0.15) is 0 Å². The largest absolute Gasteiger partial charge is 0.481 e. The lowest BCUT2D eigenvalue weighted by atomic mass is 10.1. The van der Waals surface area contributed by atoms with E-state index >= 15 is 0 Å². The van der Waals surface area contributed by atoms with Crippen LogP contribution in [0.3, 0.4) is 0 Å². The highest BCUT2D eigenvalue weighted by molar-refractivity contribution is 5.72. The van der Waals surface area contributed by atoms with Crippen molar-refractivity contribution >= 4 is 5.97 Å². The van der Waals surface area contributed by atoms with Gasteiger partial charge in [-0.15, -0.1) is 0 Å². The average molecular weight is 164 g/mol. The molecule has 0 amide bonds. The summed E-state index contributed by atoms with van der Waals surface area (Å²) in [7, 11) is 0. The number of nitrogens with zero attached hydrogens (tertiary/aromatic N) is 2. The van der Waals surface area contributed by atoms with Crippen LogP contribution in [0.1, 0.15) is 11.1 Å². The molecule has 2 rings (SSSR count). The minimum Gasteiger partial charge on any atom is -0.481 e. The van der Waals surface area contributed by atoms with E-state index < -0.39 is 5.97 Å². The van der Waals surface area contributed by atoms with Crippen LogP contribution >= 0.6 is 0 Å². The summed E-state index contributed by atoms with van der Waals surface area (Å²) in [6, 6.07) is 0. The van der Waals surface area contributed by atoms with Crippen LogP contribution in [0, 0.1) is 5.92 Å². The molecule has 0 bridgehead atoms. The van der Waals surface area contributed by atoms with Crippen molar-refractivity contribution in [1.29, 1.82) is 0 Å². The standard InChI is InChI=1S/C8H8N2O2/c11-8(12)5-1-6-3-9-10-4-7(6)2-5/h3-5H,1-2H2,(H,11,12). The zero-order chi connectivity index (χ0) is 8.55. The first-order chi connectivity index (χ1) is 5.77. The topological polar surface area (TPSA) is 63.1 Å². The monoisotopic (exact) mass is 164 g/mol. The van der Waals surface area contributed by atoms with Gasteiger partial charge in [-0.3, -0.25) is 4.79 Å². The number of carbonyl (C=O) groups is 1. The van der Waals surface area contributed by atoms with Crippen molar-refractivity contribution < 1.29 is 9.90 Å². The van der Waals surface area contributed by atoms with Crippen molar-refractivity contribution in [3.8, 4) is 0 Å². The van der Waals surface area contributed by atoms with Crippen LogP contribution in [-0.2, 0) is 17.6 Å². The Kier molecular flexibility index (Phi) is 1.53. The quantitative estimate of drug-likeness (QED) is 0.647. The summed E-state index contributed by atoms with van der Waals surface area (Å²) in [5.74, 6) is -1.00. The number of aromatic nitrogens is 2. The normalized spacial score (nSPS) is 16.0. The lowest BCUT2D eigenvalue weighted by Gasteiger charge is -1.98. The molecule has 1 aliphatic carbocycles. The molecule has 0 saturated heterocycles. The van der Waals surface area contributed by atoms with E-state index in [1.54, 1.807) is 12.4 Å². The van der Waals surface area contributed by atoms with Crippen molar-refractivity contribution in [2.75, 3.05) is 0 Å². The van der Waals surface area contributed by atoms with Crippen LogP contribution < -0.4 is 0 Å². The van der Waals surface area contributed by atoms with Gasteiger partial charge in [0.25, 0.3) is 0 Å². The van der Waals surface area contributed by atoms with Crippen LogP contribution in [0.5, 0.6) is 0 Å². The van der Waals surface area contributed by atoms with E-state index in [1.807, 2.05) is 0 Å². The average Bonchev–Trinajstić information content (AvgIpc) is 2.46. The SMILES string of the molecule is O=C(O)C1Cc2cnncc2C1. The van der Waals surface area contributed by atoms with Crippen molar-refractivity contribution in [3.05, 3.63) is 23.5 Å². The Hall–Kier alpha value is -1.45. The lowest BCUT2D eigenvalue weighted by molar-refractivity contribution is -0.141. The highest BCUT2D eigenvalue weighted by Crippen LogP contribution is 2.24. The number of carboxylic acid groups (broad SMARTS) is 1. The van der Waals surface area contributed by atoms with Gasteiger partial charge in [0, 0.05) is 0 Å². The van der Waals surface area contributed by atoms with Crippen LogP contribution in [0.4, 0.5) is 0 Å². The molecule has 1 aliphatic rings. The summed E-state index contributed by atoms with van der Waals surface area (Å²) in [4.78, 5) is 10.6. The number of hydrogen-bond donors (Lipinski definition) is 1. The molecule has 12 heavy (non-hydrogen) atoms. The van der Waals surface area contributed by atoms with Crippen molar-refractivity contribution in [3.63, 3.8) is 0 Å². The first-order valence-electron chi connectivity index (χ1n) is 3.78. The number of rotatable bonds is 1. The number of aliphatic carboxylic acids is 1. The van der Waals surface area contributed by atoms with Gasteiger partial charge in [0.05, 0.1) is 18.3 Å². The highest BCUT2D eigenvalue weighted by atomic mass is 16.4. The van der Waals surface area contributed by atoms with Crippen LogP contribution in [0.2, 0.25) is 0 Å². The van der Waals surface area contributed by atoms with Gasteiger partial charge >= 0.3 is 5.97 Å². The molecule has 0 saturated carbocycles. The van der Waals surface area contributed by atoms with E-state index in [0.29, 0.717) is 12.8 Å². The lowest BCUT2D eigenvalue weighted by Crippen LogP contribution is -2.12. The number of hydrogen-bond acceptors (Lipinski definition) is 3. The van der Waals surface area contributed by atoms with Gasteiger partial charge in [-0.05, 0) is 24.0 Å². The Morgan fingerprint density at radius 2 is 1.83 bits per heavy atom. The third-order valence-corrected chi connectivity index (χ3v) is 2.19. The molecule has 1 aromatic rings. The molecule has 4 heteroatoms. The fourth-order valence-electron chi connectivity index (χ4n) is 1.52. The molecular weight excluding hydrogens is 156 g/mol. The minimum atomic E-state index is -0.730. The molecule has 0 radical (unpaired) electrons. The Morgan fingerprint density at radius 3 is 2.25 bits per heavy atom. The van der Waals surface area contributed by atoms with E-state index in [4.69, 9.17) is 5.11 Å². The van der Waals surface area contributed by atoms with Gasteiger partial charge in [-0.2, -0.15) is 10.2 Å². The molecule has 0 aromatic carbocycles. The Labute approximate surface area is 69.2 Å². The molecule has 1 aromatic heterocycles. The van der Waals surface area contributed by atoms with Gasteiger partial charge in [0.2, 0.25) is 0 Å². The maximum atomic E-state index is 10.6. The molecule has 62 valence electrons. The second-order valence-electron chi connectivity index (χ2n) is 2.98. The minimum absolute atomic E-state index is 0.272. The highest BCUT2D eigenvalue weighted by Gasteiger charge is 2.27. The van der Waals surface area contributed by atoms with E-state index in [9.17, 15) is 4.79 Å². The van der Waals surface area contributed by atoms with E-state index in [0.717, 1.165) is 11.1 Å². The third-order valence-electron chi connectivity index (χ3n) is 2.19. The summed E-state index contributed by atoms with van der Waals surface area (Å²) in [6.45, 7) is 0. The Bertz CT molecular complexity index is 300. The summed E-state index contributed by atoms with van der Waals surface area (Å²) in [5, 5.41) is 16.2. The fraction of sp³-hybridized carbons (Fsp3) is 0.375. The second-order valence-corrected chi connectivity index (χ2v) is 2.98. The van der Waals surface area contributed by atoms with Gasteiger partial charge in [0.15, 0.2) is 0 Å². The summed E-state index contributed by atoms with van der Waals surface area (Å²) < 4.78 is 0. The Morgan fingerprint density at radius 1 is 1.33 bits per heavy atom. The van der Waals surface area contributed by atoms with Gasteiger partial charge in [-0.25, -0.2) is 0 Å². The van der Waals surface area contributed by atoms with Gasteiger partial charge in [-0.1, -0.05) is 0 Å². The first-order valence-corrected chi connectivity index (χ1v) is 3.78. The number of carboxylic acids is 1. The summed E-state index contributed by atoms with van der Waals surface area (Å²) in [6.07, 6.45) is 4.50. The van der Waals surface area contributed by atoms with Crippen molar-refractivity contribution in [1.82, 2.24) is 10.2 Å². The zero-order valence-electron chi connectivity index (χ0n) is 6.40. The van der Waals surface area contributed by atoms with Crippen LogP contribution in [0.15, 0.2) is 12.4 Å². The van der Waals surface area contributed by atoms with Crippen molar-refractivity contribution in [2.45, 2.75) is 12.8 Å². The maximum Gasteiger partial charge on any atom is 0.307 e. The van der Waals surface area contributed by atoms with Gasteiger partial charge < -0.3 is 5.11 Å². The molecule has 0 spiro atoms. The Balaban J connectivity index is 2.27. The van der Waals surface area contributed by atoms with Crippen LogP contribution in [0.25, 0.3) is 0 Å². The van der Waals surface area contributed by atoms with Crippen LogP contribution in [-0.4, -0.2) is 21.3 Å². The van der Waals surface area contributed by atoms with Crippen molar-refractivity contribution in [2.24, 2.45) is 5.92 Å². The zero-order valence-corrected chi connectivity index (χ0v) is 6.40. The third kappa shape index (κ3) is 1.05. The first kappa shape index (κ1) is 7.21. The molecule has 0 unspecified atom stereocenters. The van der Waals surface area contributed by atoms with E-state index in [1.165, 1.54) is 0 Å². The summed E-state index contributed by atoms with van der Waals surface area (Å²) >= 11 is 0. The fourth-order valence-corrected chi connectivity index (χ4v) is 1.52. The number of fused-ring (bicyclic) bond motifs is 1. The summed E-state index contributed by atoms with van der Waals surface area (Å²) in [5.41, 5.74) is 2.05. The molecule has 0 fully saturated rings. The van der Waals surface area contributed by atoms with E-state index in [2.05, 4.69) is 10.2 Å². The molecule has 0 aliphatic heterocycles. The predicted molar refractivity (Wildman–Crippen MR) is 40.6 cm³/mol. The second kappa shape index (κ2) is 2.55.